The largest absolute Gasteiger partial charge is 0.296 e. The summed E-state index contributed by atoms with van der Waals surface area (Å²) in [6, 6.07) is 0. The van der Waals surface area contributed by atoms with Crippen LogP contribution in [0.5, 0.6) is 0 Å². The second-order valence-corrected chi connectivity index (χ2v) is 15.8. The second-order valence-electron chi connectivity index (χ2n) is 15.8. The molecule has 0 radical (unpaired) electrons. The molecule has 1 aliphatic heterocycles. The lowest BCUT2D eigenvalue weighted by Gasteiger charge is -2.38. The molecule has 6 nitrogen and oxygen atoms in total. The normalized spacial score (nSPS) is 21.4. The first-order valence-electron chi connectivity index (χ1n) is 14.6. The summed E-state index contributed by atoms with van der Waals surface area (Å²) < 4.78 is 0. The molecule has 0 bridgehead atoms. The first kappa shape index (κ1) is 32.1. The lowest BCUT2D eigenvalue weighted by Crippen LogP contribution is -2.49. The minimum atomic E-state index is -0.401. The van der Waals surface area contributed by atoms with Gasteiger partial charge in [-0.25, -0.2) is 0 Å². The van der Waals surface area contributed by atoms with Crippen LogP contribution < -0.4 is 0 Å². The highest BCUT2D eigenvalue weighted by atomic mass is 16.2. The maximum absolute atomic E-state index is 13.4. The summed E-state index contributed by atoms with van der Waals surface area (Å²) >= 11 is 0. The van der Waals surface area contributed by atoms with Gasteiger partial charge < -0.3 is 0 Å². The number of allylic oxidation sites excluding steroid dienone is 6. The lowest BCUT2D eigenvalue weighted by molar-refractivity contribution is -0.133. The third-order valence-corrected chi connectivity index (χ3v) is 8.14. The Labute approximate surface area is 241 Å². The van der Waals surface area contributed by atoms with E-state index < -0.39 is 10.8 Å². The van der Waals surface area contributed by atoms with Gasteiger partial charge in [0.25, 0.3) is 0 Å². The van der Waals surface area contributed by atoms with Crippen LogP contribution in [0.25, 0.3) is 0 Å². The molecule has 3 aliphatic rings. The standard InChI is InChI=1S/C34H50N2O4/c1-31(2,3)23-17-25(33(7,8)9)29(39)27(37)21(23)19-35-13-15-36(16-14-35)20-22-24(32(4,5)6)18-26(34(10,11)12)30(40)28(22)38/h17-18H,13-16,19-20H2,1-12H3. The third kappa shape index (κ3) is 6.71. The van der Waals surface area contributed by atoms with Crippen LogP contribution in [0.1, 0.15) is 83.1 Å². The number of hydrogen-bond donors (Lipinski definition) is 0. The Morgan fingerprint density at radius 2 is 0.750 bits per heavy atom. The topological polar surface area (TPSA) is 74.8 Å². The van der Waals surface area contributed by atoms with Crippen molar-refractivity contribution in [2.75, 3.05) is 39.3 Å². The van der Waals surface area contributed by atoms with Crippen molar-refractivity contribution in [3.8, 4) is 0 Å². The Balaban J connectivity index is 1.83. The van der Waals surface area contributed by atoms with E-state index in [9.17, 15) is 19.2 Å². The first-order chi connectivity index (χ1) is 18.0. The van der Waals surface area contributed by atoms with Crippen molar-refractivity contribution >= 4 is 23.1 Å². The molecule has 0 spiro atoms. The van der Waals surface area contributed by atoms with E-state index in [1.165, 1.54) is 0 Å². The number of piperazine rings is 1. The molecule has 1 saturated heterocycles. The van der Waals surface area contributed by atoms with Crippen molar-refractivity contribution in [3.63, 3.8) is 0 Å². The number of hydrogen-bond acceptors (Lipinski definition) is 6. The highest BCUT2D eigenvalue weighted by Gasteiger charge is 2.40. The number of carbonyl (C=O) groups excluding carboxylic acids is 4. The number of nitrogens with zero attached hydrogens (tertiary/aromatic N) is 2. The average Bonchev–Trinajstić information content (AvgIpc) is 2.78. The molecular weight excluding hydrogens is 500 g/mol. The number of carbonyl (C=O) groups is 4. The molecule has 0 N–H and O–H groups in total. The SMILES string of the molecule is CC(C)(C)C1=CC(C(C)(C)C)=C(CN2CCN(CC3=C(C(C)(C)C)C=C(C(C)(C)C)C(=O)C3=O)CC2)C(=O)C1=O. The van der Waals surface area contributed by atoms with Crippen LogP contribution >= 0.6 is 0 Å². The van der Waals surface area contributed by atoms with Crippen molar-refractivity contribution in [3.05, 3.63) is 45.6 Å². The summed E-state index contributed by atoms with van der Waals surface area (Å²) in [5.41, 5.74) is 2.90. The van der Waals surface area contributed by atoms with Crippen LogP contribution in [-0.4, -0.2) is 72.2 Å². The molecule has 1 fully saturated rings. The van der Waals surface area contributed by atoms with Crippen LogP contribution in [0.15, 0.2) is 45.6 Å². The molecule has 1 heterocycles. The molecule has 0 aromatic carbocycles. The van der Waals surface area contributed by atoms with Gasteiger partial charge in [0.1, 0.15) is 0 Å². The molecule has 0 atom stereocenters. The molecule has 0 amide bonds. The van der Waals surface area contributed by atoms with Crippen molar-refractivity contribution in [1.82, 2.24) is 9.80 Å². The zero-order chi connectivity index (χ0) is 30.6. The van der Waals surface area contributed by atoms with E-state index in [1.807, 2.05) is 53.7 Å². The predicted octanol–water partition coefficient (Wildman–Crippen LogP) is 5.54. The highest BCUT2D eigenvalue weighted by Crippen LogP contribution is 2.40. The van der Waals surface area contributed by atoms with E-state index in [0.717, 1.165) is 11.1 Å². The summed E-state index contributed by atoms with van der Waals surface area (Å²) in [5.74, 6) is -1.54. The van der Waals surface area contributed by atoms with Crippen LogP contribution in [0.4, 0.5) is 0 Å². The minimum Gasteiger partial charge on any atom is -0.296 e. The number of Topliss-reactive ketones (excluding diaryl/α,β-unsaturated/α-hetero) is 4. The Morgan fingerprint density at radius 3 is 0.975 bits per heavy atom. The second kappa shape index (κ2) is 10.8. The molecule has 220 valence electrons. The molecule has 0 aromatic heterocycles. The van der Waals surface area contributed by atoms with E-state index in [0.29, 0.717) is 61.6 Å². The van der Waals surface area contributed by atoms with Crippen molar-refractivity contribution in [1.29, 1.82) is 0 Å². The Kier molecular flexibility index (Phi) is 8.63. The smallest absolute Gasteiger partial charge is 0.230 e. The summed E-state index contributed by atoms with van der Waals surface area (Å²) in [6.07, 6.45) is 3.92. The number of rotatable bonds is 4. The Bertz CT molecular complexity index is 1140. The van der Waals surface area contributed by atoms with Crippen LogP contribution in [0, 0.1) is 21.7 Å². The van der Waals surface area contributed by atoms with E-state index in [4.69, 9.17) is 0 Å². The summed E-state index contributed by atoms with van der Waals surface area (Å²) in [6.45, 7) is 28.1. The minimum absolute atomic E-state index is 0.271. The van der Waals surface area contributed by atoms with E-state index in [2.05, 4.69) is 51.3 Å². The molecule has 40 heavy (non-hydrogen) atoms. The van der Waals surface area contributed by atoms with Gasteiger partial charge in [-0.3, -0.25) is 29.0 Å². The van der Waals surface area contributed by atoms with Crippen molar-refractivity contribution < 1.29 is 19.2 Å². The Hall–Kier alpha value is -2.44. The van der Waals surface area contributed by atoms with Crippen molar-refractivity contribution in [2.24, 2.45) is 21.7 Å². The monoisotopic (exact) mass is 550 g/mol. The maximum atomic E-state index is 13.4. The predicted molar refractivity (Wildman–Crippen MR) is 161 cm³/mol. The Morgan fingerprint density at radius 1 is 0.475 bits per heavy atom. The number of ketones is 4. The fourth-order valence-corrected chi connectivity index (χ4v) is 5.68. The fourth-order valence-electron chi connectivity index (χ4n) is 5.68. The van der Waals surface area contributed by atoms with E-state index in [-0.39, 0.29) is 34.0 Å². The molecule has 3 rings (SSSR count). The summed E-state index contributed by atoms with van der Waals surface area (Å²) in [4.78, 5) is 57.3. The van der Waals surface area contributed by atoms with Crippen LogP contribution in [-0.2, 0) is 19.2 Å². The molecule has 2 aliphatic carbocycles. The zero-order valence-electron chi connectivity index (χ0n) is 26.9. The highest BCUT2D eigenvalue weighted by molar-refractivity contribution is 6.51. The van der Waals surface area contributed by atoms with E-state index >= 15 is 0 Å². The summed E-state index contributed by atoms with van der Waals surface area (Å²) in [7, 11) is 0. The third-order valence-electron chi connectivity index (χ3n) is 8.14. The van der Waals surface area contributed by atoms with Gasteiger partial charge in [-0.2, -0.15) is 0 Å². The summed E-state index contributed by atoms with van der Waals surface area (Å²) in [5, 5.41) is 0. The van der Waals surface area contributed by atoms with Gasteiger partial charge in [0.15, 0.2) is 0 Å². The quantitative estimate of drug-likeness (QED) is 0.338. The molecule has 0 saturated carbocycles. The zero-order valence-corrected chi connectivity index (χ0v) is 26.9. The van der Waals surface area contributed by atoms with Gasteiger partial charge in [-0.1, -0.05) is 95.2 Å². The van der Waals surface area contributed by atoms with Crippen LogP contribution in [0.2, 0.25) is 0 Å². The fraction of sp³-hybridized carbons (Fsp3) is 0.647. The van der Waals surface area contributed by atoms with Gasteiger partial charge in [0.05, 0.1) is 0 Å². The first-order valence-corrected chi connectivity index (χ1v) is 14.6. The van der Waals surface area contributed by atoms with Crippen molar-refractivity contribution in [2.45, 2.75) is 83.1 Å². The van der Waals surface area contributed by atoms with Gasteiger partial charge in [0.2, 0.25) is 23.1 Å². The molecule has 0 unspecified atom stereocenters. The molecular formula is C34H50N2O4. The van der Waals surface area contributed by atoms with Gasteiger partial charge >= 0.3 is 0 Å². The average molecular weight is 551 g/mol. The van der Waals surface area contributed by atoms with E-state index in [1.54, 1.807) is 0 Å². The van der Waals surface area contributed by atoms with Gasteiger partial charge in [-0.05, 0) is 32.8 Å². The van der Waals surface area contributed by atoms with Gasteiger partial charge in [-0.15, -0.1) is 0 Å². The molecule has 0 aromatic rings. The maximum Gasteiger partial charge on any atom is 0.230 e. The lowest BCUT2D eigenvalue weighted by atomic mass is 9.71. The molecule has 6 heteroatoms. The van der Waals surface area contributed by atoms with Crippen LogP contribution in [0.3, 0.4) is 0 Å². The van der Waals surface area contributed by atoms with Gasteiger partial charge in [0, 0.05) is 61.6 Å².